The molecule has 1 atom stereocenters. The van der Waals surface area contributed by atoms with Gasteiger partial charge in [0, 0.05) is 18.8 Å². The fourth-order valence-corrected chi connectivity index (χ4v) is 3.28. The van der Waals surface area contributed by atoms with Gasteiger partial charge in [-0.3, -0.25) is 14.6 Å². The van der Waals surface area contributed by atoms with Gasteiger partial charge >= 0.3 is 0 Å². The Bertz CT molecular complexity index is 556. The molecule has 1 aromatic heterocycles. The van der Waals surface area contributed by atoms with Crippen LogP contribution in [0.4, 0.5) is 0 Å². The minimum absolute atomic E-state index is 0.0416. The number of hydrogen-bond acceptors (Lipinski definition) is 5. The van der Waals surface area contributed by atoms with Gasteiger partial charge in [0.2, 0.25) is 5.91 Å². The summed E-state index contributed by atoms with van der Waals surface area (Å²) < 4.78 is 5.14. The summed E-state index contributed by atoms with van der Waals surface area (Å²) in [5.41, 5.74) is 0. The molecule has 0 bridgehead atoms. The minimum atomic E-state index is -0.179. The molecule has 0 spiro atoms. The number of furan rings is 1. The summed E-state index contributed by atoms with van der Waals surface area (Å²) in [4.78, 5) is 30.4. The van der Waals surface area contributed by atoms with E-state index in [1.165, 1.54) is 6.26 Å². The molecule has 2 aliphatic rings. The molecular weight excluding hydrogens is 290 g/mol. The lowest BCUT2D eigenvalue weighted by atomic mass is 9.97. The van der Waals surface area contributed by atoms with E-state index < -0.39 is 0 Å². The second-order valence-electron chi connectivity index (χ2n) is 5.09. The molecule has 3 rings (SSSR count). The molecule has 7 heteroatoms. The summed E-state index contributed by atoms with van der Waals surface area (Å²) in [6.45, 7) is 1.86. The molecule has 0 aromatic carbocycles. The number of amidine groups is 1. The highest BCUT2D eigenvalue weighted by molar-refractivity contribution is 8.14. The van der Waals surface area contributed by atoms with Crippen molar-refractivity contribution in [3.8, 4) is 0 Å². The topological polar surface area (TPSA) is 74.9 Å². The zero-order valence-corrected chi connectivity index (χ0v) is 12.4. The van der Waals surface area contributed by atoms with E-state index in [-0.39, 0.29) is 17.7 Å². The normalized spacial score (nSPS) is 22.0. The second kappa shape index (κ2) is 6.34. The zero-order valence-electron chi connectivity index (χ0n) is 11.6. The third-order valence-electron chi connectivity index (χ3n) is 3.63. The summed E-state index contributed by atoms with van der Waals surface area (Å²) in [5.74, 6) is 0.877. The third kappa shape index (κ3) is 3.29. The smallest absolute Gasteiger partial charge is 0.289 e. The number of nitrogens with zero attached hydrogens (tertiary/aromatic N) is 2. The van der Waals surface area contributed by atoms with Crippen molar-refractivity contribution in [2.24, 2.45) is 10.9 Å². The Morgan fingerprint density at radius 3 is 3.10 bits per heavy atom. The van der Waals surface area contributed by atoms with Gasteiger partial charge in [-0.05, 0) is 25.0 Å². The molecule has 3 heterocycles. The maximum Gasteiger partial charge on any atom is 0.289 e. The van der Waals surface area contributed by atoms with E-state index in [0.29, 0.717) is 24.0 Å². The number of hydrogen-bond donors (Lipinski definition) is 1. The van der Waals surface area contributed by atoms with E-state index in [0.717, 1.165) is 25.1 Å². The van der Waals surface area contributed by atoms with Gasteiger partial charge in [0.25, 0.3) is 5.91 Å². The largest absolute Gasteiger partial charge is 0.459 e. The first-order valence-corrected chi connectivity index (χ1v) is 8.03. The third-order valence-corrected chi connectivity index (χ3v) is 4.52. The highest BCUT2D eigenvalue weighted by atomic mass is 32.2. The first-order chi connectivity index (χ1) is 10.2. The van der Waals surface area contributed by atoms with Crippen LogP contribution in [0, 0.1) is 5.92 Å². The van der Waals surface area contributed by atoms with Gasteiger partial charge in [0.15, 0.2) is 10.9 Å². The Hall–Kier alpha value is -1.76. The van der Waals surface area contributed by atoms with E-state index in [9.17, 15) is 9.59 Å². The molecule has 112 valence electrons. The molecule has 0 unspecified atom stereocenters. The number of rotatable bonds is 2. The first kappa shape index (κ1) is 14.2. The molecule has 6 nitrogen and oxygen atoms in total. The van der Waals surface area contributed by atoms with Crippen LogP contribution in [0.2, 0.25) is 0 Å². The quantitative estimate of drug-likeness (QED) is 0.895. The second-order valence-corrected chi connectivity index (χ2v) is 6.18. The number of aliphatic imine (C=N–C) groups is 1. The van der Waals surface area contributed by atoms with Crippen LogP contribution >= 0.6 is 11.8 Å². The highest BCUT2D eigenvalue weighted by Gasteiger charge is 2.30. The van der Waals surface area contributed by atoms with Gasteiger partial charge in [0.1, 0.15) is 0 Å². The molecule has 0 saturated carbocycles. The molecule has 1 N–H and O–H groups in total. The number of carbonyl (C=O) groups is 2. The fraction of sp³-hybridized carbons (Fsp3) is 0.500. The number of piperidine rings is 1. The van der Waals surface area contributed by atoms with E-state index >= 15 is 0 Å². The number of likely N-dealkylation sites (tertiary alicyclic amines) is 1. The van der Waals surface area contributed by atoms with Crippen molar-refractivity contribution < 1.29 is 14.0 Å². The molecule has 1 saturated heterocycles. The number of thioether (sulfide) groups is 1. The Morgan fingerprint density at radius 2 is 2.38 bits per heavy atom. The molecular formula is C14H17N3O3S. The average molecular weight is 307 g/mol. The first-order valence-electron chi connectivity index (χ1n) is 7.05. The Labute approximate surface area is 127 Å². The summed E-state index contributed by atoms with van der Waals surface area (Å²) >= 11 is 1.56. The van der Waals surface area contributed by atoms with E-state index in [4.69, 9.17) is 4.42 Å². The molecule has 1 aromatic rings. The number of amides is 2. The zero-order chi connectivity index (χ0) is 14.7. The van der Waals surface area contributed by atoms with Crippen molar-refractivity contribution in [1.82, 2.24) is 10.2 Å². The SMILES string of the molecule is O=C(NC1=NCCS1)[C@H]1CCCN(C(=O)c2ccco2)C1. The van der Waals surface area contributed by atoms with Crippen LogP contribution in [-0.2, 0) is 4.79 Å². The Morgan fingerprint density at radius 1 is 1.48 bits per heavy atom. The standard InChI is InChI=1S/C14H17N3O3S/c18-12(16-14-15-5-8-21-14)10-3-1-6-17(9-10)13(19)11-4-2-7-20-11/h2,4,7,10H,1,3,5-6,8-9H2,(H,15,16,18)/t10-/m0/s1. The molecule has 0 aliphatic carbocycles. The molecule has 2 amide bonds. The maximum atomic E-state index is 12.2. The van der Waals surface area contributed by atoms with Gasteiger partial charge in [-0.2, -0.15) is 0 Å². The van der Waals surface area contributed by atoms with Crippen molar-refractivity contribution >= 4 is 28.7 Å². The molecule has 21 heavy (non-hydrogen) atoms. The van der Waals surface area contributed by atoms with Crippen LogP contribution in [0.25, 0.3) is 0 Å². The van der Waals surface area contributed by atoms with Gasteiger partial charge in [-0.1, -0.05) is 11.8 Å². The molecule has 2 aliphatic heterocycles. The van der Waals surface area contributed by atoms with E-state index in [1.54, 1.807) is 28.8 Å². The van der Waals surface area contributed by atoms with E-state index in [1.807, 2.05) is 0 Å². The van der Waals surface area contributed by atoms with Crippen molar-refractivity contribution in [1.29, 1.82) is 0 Å². The van der Waals surface area contributed by atoms with Gasteiger partial charge in [-0.25, -0.2) is 0 Å². The van der Waals surface area contributed by atoms with Gasteiger partial charge in [-0.15, -0.1) is 0 Å². The lowest BCUT2D eigenvalue weighted by molar-refractivity contribution is -0.124. The highest BCUT2D eigenvalue weighted by Crippen LogP contribution is 2.20. The van der Waals surface area contributed by atoms with Crippen LogP contribution in [0.15, 0.2) is 27.8 Å². The van der Waals surface area contributed by atoms with Crippen molar-refractivity contribution in [2.75, 3.05) is 25.4 Å². The predicted octanol–water partition coefficient (Wildman–Crippen LogP) is 1.35. The summed E-state index contributed by atoms with van der Waals surface area (Å²) in [7, 11) is 0. The lowest BCUT2D eigenvalue weighted by Crippen LogP contribution is -2.46. The fourth-order valence-electron chi connectivity index (χ4n) is 2.55. The maximum absolute atomic E-state index is 12.2. The van der Waals surface area contributed by atoms with Gasteiger partial charge in [0.05, 0.1) is 18.7 Å². The van der Waals surface area contributed by atoms with Crippen LogP contribution in [-0.4, -0.2) is 47.3 Å². The minimum Gasteiger partial charge on any atom is -0.459 e. The van der Waals surface area contributed by atoms with Crippen molar-refractivity contribution in [3.63, 3.8) is 0 Å². The lowest BCUT2D eigenvalue weighted by Gasteiger charge is -2.31. The van der Waals surface area contributed by atoms with Crippen LogP contribution < -0.4 is 5.32 Å². The average Bonchev–Trinajstić information content (AvgIpc) is 3.20. The van der Waals surface area contributed by atoms with Crippen LogP contribution in [0.1, 0.15) is 23.4 Å². The monoisotopic (exact) mass is 307 g/mol. The van der Waals surface area contributed by atoms with Crippen LogP contribution in [0.3, 0.4) is 0 Å². The predicted molar refractivity (Wildman–Crippen MR) is 80.2 cm³/mol. The van der Waals surface area contributed by atoms with Crippen molar-refractivity contribution in [3.05, 3.63) is 24.2 Å². The van der Waals surface area contributed by atoms with E-state index in [2.05, 4.69) is 10.3 Å². The molecule has 1 fully saturated rings. The Kier molecular flexibility index (Phi) is 4.28. The molecule has 0 radical (unpaired) electrons. The van der Waals surface area contributed by atoms with Crippen molar-refractivity contribution in [2.45, 2.75) is 12.8 Å². The summed E-state index contributed by atoms with van der Waals surface area (Å²) in [6.07, 6.45) is 3.10. The van der Waals surface area contributed by atoms with Crippen LogP contribution in [0.5, 0.6) is 0 Å². The van der Waals surface area contributed by atoms with Gasteiger partial charge < -0.3 is 14.6 Å². The number of nitrogens with one attached hydrogen (secondary N) is 1. The summed E-state index contributed by atoms with van der Waals surface area (Å²) in [5, 5.41) is 3.56. The Balaban J connectivity index is 1.60. The summed E-state index contributed by atoms with van der Waals surface area (Å²) in [6, 6.07) is 3.34. The number of carbonyl (C=O) groups excluding carboxylic acids is 2.